The van der Waals surface area contributed by atoms with Crippen LogP contribution >= 0.6 is 0 Å². The number of hydrogen-bond acceptors (Lipinski definition) is 4. The molecule has 144 valence electrons. The Bertz CT molecular complexity index is 610. The van der Waals surface area contributed by atoms with E-state index in [1.165, 1.54) is 29.5 Å². The lowest BCUT2D eigenvalue weighted by atomic mass is 9.83. The number of amides is 1. The van der Waals surface area contributed by atoms with E-state index in [0.717, 1.165) is 57.5 Å². The van der Waals surface area contributed by atoms with E-state index in [1.807, 2.05) is 0 Å². The highest BCUT2D eigenvalue weighted by Gasteiger charge is 2.26. The summed E-state index contributed by atoms with van der Waals surface area (Å²) in [4.78, 5) is 13.3. The Morgan fingerprint density at radius 3 is 2.73 bits per heavy atom. The molecule has 1 saturated heterocycles. The second-order valence-corrected chi connectivity index (χ2v) is 7.59. The smallest absolute Gasteiger partial charge is 0.217 e. The van der Waals surface area contributed by atoms with Gasteiger partial charge in [0.1, 0.15) is 12.4 Å². The molecule has 1 aromatic rings. The Kier molecular flexibility index (Phi) is 6.92. The molecule has 0 atom stereocenters. The van der Waals surface area contributed by atoms with Crippen LogP contribution in [0.3, 0.4) is 0 Å². The minimum atomic E-state index is -0.209. The fourth-order valence-electron chi connectivity index (χ4n) is 4.40. The van der Waals surface area contributed by atoms with Crippen LogP contribution in [0.15, 0.2) is 12.1 Å². The Hall–Kier alpha value is -1.59. The topological polar surface area (TPSA) is 75.8 Å². The van der Waals surface area contributed by atoms with Crippen LogP contribution in [0.25, 0.3) is 0 Å². The number of ether oxygens (including phenoxy) is 1. The fraction of sp³-hybridized carbons (Fsp3) is 0.667. The zero-order valence-electron chi connectivity index (χ0n) is 15.7. The van der Waals surface area contributed by atoms with Crippen LogP contribution in [0.4, 0.5) is 0 Å². The van der Waals surface area contributed by atoms with Crippen LogP contribution in [0.2, 0.25) is 0 Å². The third kappa shape index (κ3) is 4.77. The molecule has 5 heteroatoms. The normalized spacial score (nSPS) is 18.5. The molecule has 26 heavy (non-hydrogen) atoms. The van der Waals surface area contributed by atoms with Crippen molar-refractivity contribution in [2.75, 3.05) is 32.8 Å². The molecule has 0 saturated carbocycles. The number of primary amides is 1. The van der Waals surface area contributed by atoms with Gasteiger partial charge in [0.15, 0.2) is 0 Å². The maximum absolute atomic E-state index is 10.9. The van der Waals surface area contributed by atoms with Gasteiger partial charge in [0.05, 0.1) is 6.61 Å². The fourth-order valence-corrected chi connectivity index (χ4v) is 4.40. The average Bonchev–Trinajstić information content (AvgIpc) is 2.66. The summed E-state index contributed by atoms with van der Waals surface area (Å²) in [6.07, 6.45) is 8.28. The van der Waals surface area contributed by atoms with Gasteiger partial charge >= 0.3 is 0 Å². The number of carbonyl (C=O) groups excluding carboxylic acids is 1. The van der Waals surface area contributed by atoms with Gasteiger partial charge in [-0.25, -0.2) is 0 Å². The third-order valence-electron chi connectivity index (χ3n) is 5.77. The first-order valence-electron chi connectivity index (χ1n) is 10.1. The van der Waals surface area contributed by atoms with Crippen molar-refractivity contribution < 1.29 is 14.6 Å². The number of nitrogens with zero attached hydrogens (tertiary/aromatic N) is 1. The van der Waals surface area contributed by atoms with E-state index in [0.29, 0.717) is 18.9 Å². The number of benzene rings is 1. The predicted octanol–water partition coefficient (Wildman–Crippen LogP) is 2.38. The second-order valence-electron chi connectivity index (χ2n) is 7.59. The minimum absolute atomic E-state index is 0.0570. The molecule has 0 radical (unpaired) electrons. The van der Waals surface area contributed by atoms with Crippen LogP contribution in [0.5, 0.6) is 5.75 Å². The Labute approximate surface area is 156 Å². The van der Waals surface area contributed by atoms with Gasteiger partial charge in [-0.3, -0.25) is 4.79 Å². The van der Waals surface area contributed by atoms with Gasteiger partial charge in [-0.1, -0.05) is 12.1 Å². The number of hydrogen-bond donors (Lipinski definition) is 2. The summed E-state index contributed by atoms with van der Waals surface area (Å²) in [7, 11) is 0. The van der Waals surface area contributed by atoms with Crippen molar-refractivity contribution >= 4 is 5.91 Å². The highest BCUT2D eigenvalue weighted by molar-refractivity contribution is 5.73. The number of carbonyl (C=O) groups is 1. The van der Waals surface area contributed by atoms with Crippen LogP contribution in [0, 0.1) is 0 Å². The summed E-state index contributed by atoms with van der Waals surface area (Å²) in [6, 6.07) is 4.57. The van der Waals surface area contributed by atoms with Crippen molar-refractivity contribution in [3.63, 3.8) is 0 Å². The molecule has 0 unspecified atom stereocenters. The molecular weight excluding hydrogens is 328 g/mol. The van der Waals surface area contributed by atoms with E-state index in [2.05, 4.69) is 17.0 Å². The van der Waals surface area contributed by atoms with E-state index in [9.17, 15) is 9.90 Å². The molecule has 3 rings (SSSR count). The standard InChI is InChI=1S/C21H32N2O3/c22-20(25)6-3-11-23-12-9-17(10-13-23)19-8-7-16-4-1-2-5-18(16)21(19)26-15-14-24/h7-8,17,24H,1-6,9-15H2,(H2,22,25). The summed E-state index contributed by atoms with van der Waals surface area (Å²) in [6.45, 7) is 3.49. The maximum atomic E-state index is 10.9. The largest absolute Gasteiger partial charge is 0.491 e. The van der Waals surface area contributed by atoms with E-state index in [1.54, 1.807) is 0 Å². The summed E-state index contributed by atoms with van der Waals surface area (Å²) in [5.74, 6) is 1.37. The van der Waals surface area contributed by atoms with Gasteiger partial charge in [0.2, 0.25) is 5.91 Å². The third-order valence-corrected chi connectivity index (χ3v) is 5.77. The van der Waals surface area contributed by atoms with Crippen molar-refractivity contribution in [1.29, 1.82) is 0 Å². The van der Waals surface area contributed by atoms with E-state index in [4.69, 9.17) is 10.5 Å². The van der Waals surface area contributed by atoms with Crippen molar-refractivity contribution in [3.05, 3.63) is 28.8 Å². The highest BCUT2D eigenvalue weighted by Crippen LogP contribution is 2.40. The molecule has 1 aliphatic heterocycles. The first kappa shape index (κ1) is 19.2. The molecular formula is C21H32N2O3. The number of fused-ring (bicyclic) bond motifs is 1. The van der Waals surface area contributed by atoms with Crippen molar-refractivity contribution in [2.45, 2.75) is 57.3 Å². The van der Waals surface area contributed by atoms with Crippen LogP contribution in [0.1, 0.15) is 61.1 Å². The molecule has 1 amide bonds. The molecule has 1 heterocycles. The highest BCUT2D eigenvalue weighted by atomic mass is 16.5. The van der Waals surface area contributed by atoms with Gasteiger partial charge in [-0.2, -0.15) is 0 Å². The molecule has 0 spiro atoms. The minimum Gasteiger partial charge on any atom is -0.491 e. The number of aliphatic hydroxyl groups excluding tert-OH is 1. The van der Waals surface area contributed by atoms with Gasteiger partial charge in [-0.15, -0.1) is 0 Å². The number of nitrogens with two attached hydrogens (primary N) is 1. The average molecular weight is 360 g/mol. The zero-order chi connectivity index (χ0) is 18.4. The number of piperidine rings is 1. The summed E-state index contributed by atoms with van der Waals surface area (Å²) >= 11 is 0. The van der Waals surface area contributed by atoms with E-state index < -0.39 is 0 Å². The van der Waals surface area contributed by atoms with Crippen molar-refractivity contribution in [2.24, 2.45) is 5.73 Å². The summed E-state index contributed by atoms with van der Waals surface area (Å²) in [5, 5.41) is 9.22. The lowest BCUT2D eigenvalue weighted by Crippen LogP contribution is -2.34. The first-order chi connectivity index (χ1) is 12.7. The summed E-state index contributed by atoms with van der Waals surface area (Å²) < 4.78 is 6.04. The van der Waals surface area contributed by atoms with Crippen LogP contribution < -0.4 is 10.5 Å². The molecule has 1 aromatic carbocycles. The van der Waals surface area contributed by atoms with Gasteiger partial charge in [-0.05, 0) is 87.2 Å². The van der Waals surface area contributed by atoms with Crippen molar-refractivity contribution in [1.82, 2.24) is 4.90 Å². The Balaban J connectivity index is 1.66. The monoisotopic (exact) mass is 360 g/mol. The molecule has 3 N–H and O–H groups in total. The number of aliphatic hydroxyl groups is 1. The number of rotatable bonds is 8. The van der Waals surface area contributed by atoms with Gasteiger partial charge < -0.3 is 20.5 Å². The van der Waals surface area contributed by atoms with E-state index >= 15 is 0 Å². The lowest BCUT2D eigenvalue weighted by Gasteiger charge is -2.34. The summed E-state index contributed by atoms with van der Waals surface area (Å²) in [5.41, 5.74) is 9.37. The lowest BCUT2D eigenvalue weighted by molar-refractivity contribution is -0.118. The van der Waals surface area contributed by atoms with Crippen LogP contribution in [-0.2, 0) is 17.6 Å². The molecule has 1 fully saturated rings. The number of aryl methyl sites for hydroxylation is 1. The predicted molar refractivity (Wildman–Crippen MR) is 103 cm³/mol. The van der Waals surface area contributed by atoms with Crippen LogP contribution in [-0.4, -0.2) is 48.8 Å². The zero-order valence-corrected chi connectivity index (χ0v) is 15.7. The maximum Gasteiger partial charge on any atom is 0.217 e. The Morgan fingerprint density at radius 2 is 2.00 bits per heavy atom. The Morgan fingerprint density at radius 1 is 1.23 bits per heavy atom. The number of likely N-dealkylation sites (tertiary alicyclic amines) is 1. The molecule has 1 aliphatic carbocycles. The van der Waals surface area contributed by atoms with Crippen molar-refractivity contribution in [3.8, 4) is 5.75 Å². The molecule has 0 bridgehead atoms. The first-order valence-corrected chi connectivity index (χ1v) is 10.1. The second kappa shape index (κ2) is 9.38. The molecule has 0 aromatic heterocycles. The van der Waals surface area contributed by atoms with Gasteiger partial charge in [0.25, 0.3) is 0 Å². The quantitative estimate of drug-likeness (QED) is 0.746. The van der Waals surface area contributed by atoms with Gasteiger partial charge in [0, 0.05) is 6.42 Å². The molecule has 5 nitrogen and oxygen atoms in total. The van der Waals surface area contributed by atoms with E-state index in [-0.39, 0.29) is 12.5 Å². The SMILES string of the molecule is NC(=O)CCCN1CCC(c2ccc3c(c2OCCO)CCCC3)CC1. The molecule has 2 aliphatic rings.